The Bertz CT molecular complexity index is 708. The van der Waals surface area contributed by atoms with Gasteiger partial charge in [0, 0.05) is 12.8 Å². The largest absolute Gasteiger partial charge is 0.480 e. The fraction of sp³-hybridized carbons (Fsp3) is 0.231. The quantitative estimate of drug-likeness (QED) is 0.714. The number of hydrogen-bond donors (Lipinski definition) is 3. The van der Waals surface area contributed by atoms with Crippen molar-refractivity contribution in [2.75, 3.05) is 6.54 Å². The van der Waals surface area contributed by atoms with Crippen molar-refractivity contribution in [3.63, 3.8) is 0 Å². The van der Waals surface area contributed by atoms with E-state index in [4.69, 9.17) is 5.11 Å². The Hall–Kier alpha value is -2.70. The summed E-state index contributed by atoms with van der Waals surface area (Å²) in [7, 11) is 0. The lowest BCUT2D eigenvalue weighted by molar-refractivity contribution is -0.137. The van der Waals surface area contributed by atoms with E-state index in [2.05, 4.69) is 15.3 Å². The molecule has 7 nitrogen and oxygen atoms in total. The molecule has 0 saturated heterocycles. The van der Waals surface area contributed by atoms with Crippen molar-refractivity contribution in [1.82, 2.24) is 15.3 Å². The SMILES string of the molecule is O=C(O)CNC(=O)CCc1nc2ccccc2[nH]c1=O. The first-order valence-electron chi connectivity index (χ1n) is 6.02. The molecule has 1 heterocycles. The molecule has 2 aromatic rings. The Labute approximate surface area is 113 Å². The molecular weight excluding hydrogens is 262 g/mol. The van der Waals surface area contributed by atoms with E-state index in [1.54, 1.807) is 24.3 Å². The molecule has 0 aliphatic heterocycles. The van der Waals surface area contributed by atoms with E-state index < -0.39 is 18.4 Å². The minimum absolute atomic E-state index is 0.0156. The summed E-state index contributed by atoms with van der Waals surface area (Å²) in [5, 5.41) is 10.7. The second-order valence-electron chi connectivity index (χ2n) is 4.20. The fourth-order valence-electron chi connectivity index (χ4n) is 1.73. The summed E-state index contributed by atoms with van der Waals surface area (Å²) >= 11 is 0. The Morgan fingerprint density at radius 3 is 2.80 bits per heavy atom. The fourth-order valence-corrected chi connectivity index (χ4v) is 1.73. The molecule has 0 bridgehead atoms. The van der Waals surface area contributed by atoms with Crippen molar-refractivity contribution in [2.24, 2.45) is 0 Å². The molecule has 1 aromatic carbocycles. The average Bonchev–Trinajstić information content (AvgIpc) is 2.42. The van der Waals surface area contributed by atoms with Crippen molar-refractivity contribution in [3.05, 3.63) is 40.3 Å². The molecule has 0 atom stereocenters. The molecule has 0 fully saturated rings. The first-order valence-corrected chi connectivity index (χ1v) is 6.02. The molecule has 0 spiro atoms. The number of carbonyl (C=O) groups excluding carboxylic acids is 1. The van der Waals surface area contributed by atoms with Crippen LogP contribution in [0.15, 0.2) is 29.1 Å². The Morgan fingerprint density at radius 2 is 2.05 bits per heavy atom. The van der Waals surface area contributed by atoms with Crippen molar-refractivity contribution in [2.45, 2.75) is 12.8 Å². The highest BCUT2D eigenvalue weighted by atomic mass is 16.4. The van der Waals surface area contributed by atoms with Gasteiger partial charge in [-0.3, -0.25) is 14.4 Å². The second kappa shape index (κ2) is 5.96. The van der Waals surface area contributed by atoms with Crippen LogP contribution in [-0.2, 0) is 16.0 Å². The maximum Gasteiger partial charge on any atom is 0.322 e. The third-order valence-corrected chi connectivity index (χ3v) is 2.70. The zero-order valence-corrected chi connectivity index (χ0v) is 10.5. The van der Waals surface area contributed by atoms with Gasteiger partial charge >= 0.3 is 5.97 Å². The van der Waals surface area contributed by atoms with Crippen molar-refractivity contribution >= 4 is 22.9 Å². The van der Waals surface area contributed by atoms with E-state index in [1.807, 2.05) is 0 Å². The van der Waals surface area contributed by atoms with E-state index in [0.717, 1.165) is 0 Å². The van der Waals surface area contributed by atoms with Gasteiger partial charge in [-0.15, -0.1) is 0 Å². The van der Waals surface area contributed by atoms with Crippen LogP contribution in [0, 0.1) is 0 Å². The maximum atomic E-state index is 11.8. The number of amides is 1. The van der Waals surface area contributed by atoms with Crippen molar-refractivity contribution in [1.29, 1.82) is 0 Å². The minimum Gasteiger partial charge on any atom is -0.480 e. The van der Waals surface area contributed by atoms with Crippen LogP contribution in [0.4, 0.5) is 0 Å². The highest BCUT2D eigenvalue weighted by molar-refractivity contribution is 5.81. The molecule has 2 rings (SSSR count). The lowest BCUT2D eigenvalue weighted by atomic mass is 10.2. The normalized spacial score (nSPS) is 10.4. The smallest absolute Gasteiger partial charge is 0.322 e. The number of para-hydroxylation sites is 2. The van der Waals surface area contributed by atoms with Crippen LogP contribution in [0.2, 0.25) is 0 Å². The number of aromatic nitrogens is 2. The number of carboxylic acids is 1. The van der Waals surface area contributed by atoms with E-state index >= 15 is 0 Å². The number of nitrogens with zero attached hydrogens (tertiary/aromatic N) is 1. The number of H-pyrrole nitrogens is 1. The lowest BCUT2D eigenvalue weighted by Gasteiger charge is -2.03. The highest BCUT2D eigenvalue weighted by Gasteiger charge is 2.08. The molecule has 0 saturated carbocycles. The molecular formula is C13H13N3O4. The zero-order valence-electron chi connectivity index (χ0n) is 10.5. The molecule has 1 aromatic heterocycles. The zero-order chi connectivity index (χ0) is 14.5. The first-order chi connectivity index (χ1) is 9.56. The van der Waals surface area contributed by atoms with E-state index in [0.29, 0.717) is 11.0 Å². The van der Waals surface area contributed by atoms with Crippen LogP contribution in [0.25, 0.3) is 11.0 Å². The molecule has 0 unspecified atom stereocenters. The number of nitrogens with one attached hydrogen (secondary N) is 2. The number of benzene rings is 1. The predicted molar refractivity (Wildman–Crippen MR) is 71.3 cm³/mol. The van der Waals surface area contributed by atoms with Gasteiger partial charge in [-0.1, -0.05) is 12.1 Å². The summed E-state index contributed by atoms with van der Waals surface area (Å²) in [5.74, 6) is -1.54. The summed E-state index contributed by atoms with van der Waals surface area (Å²) in [6.07, 6.45) is 0.174. The molecule has 0 aliphatic rings. The maximum absolute atomic E-state index is 11.8. The number of carbonyl (C=O) groups is 2. The minimum atomic E-state index is -1.11. The van der Waals surface area contributed by atoms with Crippen LogP contribution >= 0.6 is 0 Å². The van der Waals surface area contributed by atoms with Gasteiger partial charge in [0.15, 0.2) is 0 Å². The van der Waals surface area contributed by atoms with Gasteiger partial charge in [0.1, 0.15) is 12.2 Å². The van der Waals surface area contributed by atoms with Gasteiger partial charge in [-0.2, -0.15) is 0 Å². The van der Waals surface area contributed by atoms with Crippen LogP contribution in [0.3, 0.4) is 0 Å². The van der Waals surface area contributed by atoms with Crippen molar-refractivity contribution in [3.8, 4) is 0 Å². The van der Waals surface area contributed by atoms with Crippen LogP contribution < -0.4 is 10.9 Å². The lowest BCUT2D eigenvalue weighted by Crippen LogP contribution is -2.30. The number of carboxylic acid groups (broad SMARTS) is 1. The van der Waals surface area contributed by atoms with Gasteiger partial charge in [0.25, 0.3) is 5.56 Å². The second-order valence-corrected chi connectivity index (χ2v) is 4.20. The molecule has 3 N–H and O–H groups in total. The van der Waals surface area contributed by atoms with Crippen LogP contribution in [0.5, 0.6) is 0 Å². The van der Waals surface area contributed by atoms with Gasteiger partial charge in [-0.25, -0.2) is 4.98 Å². The van der Waals surface area contributed by atoms with Gasteiger partial charge < -0.3 is 15.4 Å². The van der Waals surface area contributed by atoms with Crippen molar-refractivity contribution < 1.29 is 14.7 Å². The topological polar surface area (TPSA) is 112 Å². The molecule has 20 heavy (non-hydrogen) atoms. The molecule has 1 amide bonds. The number of aromatic amines is 1. The number of rotatable bonds is 5. The number of hydrogen-bond acceptors (Lipinski definition) is 4. The Kier molecular flexibility index (Phi) is 4.09. The van der Waals surface area contributed by atoms with Crippen LogP contribution in [0.1, 0.15) is 12.1 Å². The molecule has 7 heteroatoms. The van der Waals surface area contributed by atoms with E-state index in [1.165, 1.54) is 0 Å². The van der Waals surface area contributed by atoms with E-state index in [9.17, 15) is 14.4 Å². The Morgan fingerprint density at radius 1 is 1.30 bits per heavy atom. The summed E-state index contributed by atoms with van der Waals surface area (Å²) in [5.41, 5.74) is 1.20. The van der Waals surface area contributed by atoms with Gasteiger partial charge in [0.05, 0.1) is 11.0 Å². The Balaban J connectivity index is 2.06. The number of aliphatic carboxylic acids is 1. The van der Waals surface area contributed by atoms with E-state index in [-0.39, 0.29) is 24.1 Å². The third kappa shape index (κ3) is 3.41. The summed E-state index contributed by atoms with van der Waals surface area (Å²) in [6.45, 7) is -0.430. The standard InChI is InChI=1S/C13H13N3O4/c17-11(14-7-12(18)19)6-5-10-13(20)16-9-4-2-1-3-8(9)15-10/h1-4H,5-7H2,(H,14,17)(H,16,20)(H,18,19). The summed E-state index contributed by atoms with van der Waals surface area (Å²) < 4.78 is 0. The average molecular weight is 275 g/mol. The molecule has 0 radical (unpaired) electrons. The monoisotopic (exact) mass is 275 g/mol. The van der Waals surface area contributed by atoms with Crippen LogP contribution in [-0.4, -0.2) is 33.5 Å². The van der Waals surface area contributed by atoms with Gasteiger partial charge in [-0.05, 0) is 12.1 Å². The summed E-state index contributed by atoms with van der Waals surface area (Å²) in [6, 6.07) is 7.10. The summed E-state index contributed by atoms with van der Waals surface area (Å²) in [4.78, 5) is 40.3. The highest BCUT2D eigenvalue weighted by Crippen LogP contribution is 2.06. The molecule has 104 valence electrons. The predicted octanol–water partition coefficient (Wildman–Crippen LogP) is 0.0565. The third-order valence-electron chi connectivity index (χ3n) is 2.70. The number of aryl methyl sites for hydroxylation is 1. The number of fused-ring (bicyclic) bond motifs is 1. The first kappa shape index (κ1) is 13.7. The molecule has 0 aliphatic carbocycles. The van der Waals surface area contributed by atoms with Gasteiger partial charge in [0.2, 0.25) is 5.91 Å².